The molecule has 0 radical (unpaired) electrons. The van der Waals surface area contributed by atoms with Gasteiger partial charge in [-0.3, -0.25) is 9.97 Å². The van der Waals surface area contributed by atoms with Gasteiger partial charge >= 0.3 is 0 Å². The third kappa shape index (κ3) is 5.05. The maximum atomic E-state index is 13.7. The molecule has 6 rings (SSSR count). The first-order valence-corrected chi connectivity index (χ1v) is 12.8. The van der Waals surface area contributed by atoms with Crippen molar-refractivity contribution in [2.24, 2.45) is 0 Å². The van der Waals surface area contributed by atoms with Crippen LogP contribution in [0.1, 0.15) is 56.4 Å². The molecular formula is C31H31FN6. The van der Waals surface area contributed by atoms with Crippen molar-refractivity contribution in [1.82, 2.24) is 29.2 Å². The molecule has 38 heavy (non-hydrogen) atoms. The molecule has 0 aliphatic carbocycles. The molecule has 6 aromatic rings. The number of hydrogen-bond donors (Lipinski definition) is 0. The van der Waals surface area contributed by atoms with Gasteiger partial charge in [0, 0.05) is 46.5 Å². The molecule has 6 nitrogen and oxygen atoms in total. The number of aromatic nitrogens is 6. The number of nitrogens with zero attached hydrogens (tertiary/aromatic N) is 6. The SMILES string of the molecule is CC(C)c1cnn2cc(-c3ncccc3F)ccc12.Cc1cccc(-c2ccc3c(C(C)C)cnn3c2)n1. The fourth-order valence-electron chi connectivity index (χ4n) is 4.49. The van der Waals surface area contributed by atoms with Gasteiger partial charge in [-0.15, -0.1) is 0 Å². The molecule has 6 heterocycles. The van der Waals surface area contributed by atoms with Crippen LogP contribution in [0.2, 0.25) is 0 Å². The van der Waals surface area contributed by atoms with Gasteiger partial charge in [-0.05, 0) is 67.3 Å². The second-order valence-electron chi connectivity index (χ2n) is 10.0. The Hall–Kier alpha value is -4.39. The first kappa shape index (κ1) is 25.3. The smallest absolute Gasteiger partial charge is 0.149 e. The van der Waals surface area contributed by atoms with Gasteiger partial charge in [0.05, 0.1) is 29.1 Å². The Balaban J connectivity index is 0.000000155. The lowest BCUT2D eigenvalue weighted by Gasteiger charge is -2.05. The third-order valence-electron chi connectivity index (χ3n) is 6.55. The molecule has 0 fully saturated rings. The Morgan fingerprint density at radius 3 is 1.89 bits per heavy atom. The van der Waals surface area contributed by atoms with Gasteiger partial charge in [-0.2, -0.15) is 10.2 Å². The molecule has 192 valence electrons. The van der Waals surface area contributed by atoms with E-state index in [-0.39, 0.29) is 5.82 Å². The molecule has 0 amide bonds. The van der Waals surface area contributed by atoms with Gasteiger partial charge in [-0.25, -0.2) is 13.4 Å². The van der Waals surface area contributed by atoms with Gasteiger partial charge in [0.15, 0.2) is 0 Å². The average Bonchev–Trinajstić information content (AvgIpc) is 3.53. The van der Waals surface area contributed by atoms with E-state index in [1.807, 2.05) is 66.6 Å². The number of hydrogen-bond acceptors (Lipinski definition) is 4. The summed E-state index contributed by atoms with van der Waals surface area (Å²) in [5, 5.41) is 8.76. The summed E-state index contributed by atoms with van der Waals surface area (Å²) in [7, 11) is 0. The fourth-order valence-corrected chi connectivity index (χ4v) is 4.49. The second-order valence-corrected chi connectivity index (χ2v) is 10.0. The molecule has 7 heteroatoms. The van der Waals surface area contributed by atoms with Crippen LogP contribution in [-0.4, -0.2) is 29.2 Å². The Labute approximate surface area is 221 Å². The van der Waals surface area contributed by atoms with Crippen LogP contribution in [0.15, 0.2) is 85.6 Å². The van der Waals surface area contributed by atoms with E-state index in [1.165, 1.54) is 22.7 Å². The minimum absolute atomic E-state index is 0.321. The second kappa shape index (κ2) is 10.5. The van der Waals surface area contributed by atoms with Gasteiger partial charge in [0.25, 0.3) is 0 Å². The molecule has 0 aromatic carbocycles. The largest absolute Gasteiger partial charge is 0.253 e. The molecule has 0 unspecified atom stereocenters. The maximum absolute atomic E-state index is 13.7. The van der Waals surface area contributed by atoms with Crippen molar-refractivity contribution in [2.75, 3.05) is 0 Å². The molecule has 0 aliphatic rings. The summed E-state index contributed by atoms with van der Waals surface area (Å²) in [6, 6.07) is 17.2. The molecule has 0 spiro atoms. The fraction of sp³-hybridized carbons (Fsp3) is 0.226. The van der Waals surface area contributed by atoms with Gasteiger partial charge in [-0.1, -0.05) is 33.8 Å². The zero-order valence-corrected chi connectivity index (χ0v) is 22.3. The lowest BCUT2D eigenvalue weighted by atomic mass is 10.1. The number of rotatable bonds is 4. The summed E-state index contributed by atoms with van der Waals surface area (Å²) in [4.78, 5) is 8.63. The van der Waals surface area contributed by atoms with Crippen LogP contribution in [0.4, 0.5) is 4.39 Å². The van der Waals surface area contributed by atoms with Gasteiger partial charge < -0.3 is 0 Å². The highest BCUT2D eigenvalue weighted by Gasteiger charge is 2.11. The van der Waals surface area contributed by atoms with E-state index in [1.54, 1.807) is 16.8 Å². The molecule has 0 N–H and O–H groups in total. The predicted molar refractivity (Wildman–Crippen MR) is 150 cm³/mol. The summed E-state index contributed by atoms with van der Waals surface area (Å²) in [6.07, 6.45) is 9.26. The van der Waals surface area contributed by atoms with E-state index >= 15 is 0 Å². The van der Waals surface area contributed by atoms with Crippen molar-refractivity contribution in [1.29, 1.82) is 0 Å². The van der Waals surface area contributed by atoms with Gasteiger partial charge in [0.1, 0.15) is 11.5 Å². The standard InChI is InChI=1S/C16H17N3.C15H14FN3/c1-11(2)14-9-17-19-10-13(7-8-16(14)19)15-6-4-5-12(3)18-15;1-10(2)12-8-18-19-9-11(5-6-14(12)19)15-13(16)4-3-7-17-15/h4-11H,1-3H3;3-10H,1-2H3. The molecular weight excluding hydrogens is 475 g/mol. The minimum atomic E-state index is -0.321. The monoisotopic (exact) mass is 506 g/mol. The van der Waals surface area contributed by atoms with Crippen LogP contribution in [0.3, 0.4) is 0 Å². The van der Waals surface area contributed by atoms with Crippen LogP contribution in [0.5, 0.6) is 0 Å². The molecule has 0 atom stereocenters. The van der Waals surface area contributed by atoms with Crippen LogP contribution < -0.4 is 0 Å². The summed E-state index contributed by atoms with van der Waals surface area (Å²) in [5.41, 5.74) is 8.88. The van der Waals surface area contributed by atoms with E-state index < -0.39 is 0 Å². The molecule has 0 saturated heterocycles. The number of aryl methyl sites for hydroxylation is 1. The van der Waals surface area contributed by atoms with Crippen molar-refractivity contribution < 1.29 is 4.39 Å². The van der Waals surface area contributed by atoms with Crippen LogP contribution >= 0.6 is 0 Å². The summed E-state index contributed by atoms with van der Waals surface area (Å²) in [6.45, 7) is 10.6. The van der Waals surface area contributed by atoms with Crippen LogP contribution in [0.25, 0.3) is 33.5 Å². The predicted octanol–water partition coefficient (Wildman–Crippen LogP) is 7.49. The van der Waals surface area contributed by atoms with Crippen molar-refractivity contribution >= 4 is 11.0 Å². The van der Waals surface area contributed by atoms with Crippen LogP contribution in [-0.2, 0) is 0 Å². The van der Waals surface area contributed by atoms with Crippen LogP contribution in [0, 0.1) is 12.7 Å². The molecule has 0 saturated carbocycles. The lowest BCUT2D eigenvalue weighted by Crippen LogP contribution is -1.93. The van der Waals surface area contributed by atoms with E-state index in [9.17, 15) is 4.39 Å². The van der Waals surface area contributed by atoms with Crippen molar-refractivity contribution in [3.8, 4) is 22.5 Å². The number of pyridine rings is 4. The Kier molecular flexibility index (Phi) is 7.01. The highest BCUT2D eigenvalue weighted by molar-refractivity contribution is 5.65. The first-order chi connectivity index (χ1) is 18.3. The average molecular weight is 507 g/mol. The summed E-state index contributed by atoms with van der Waals surface area (Å²) < 4.78 is 17.4. The maximum Gasteiger partial charge on any atom is 0.149 e. The van der Waals surface area contributed by atoms with Crippen molar-refractivity contribution in [3.05, 3.63) is 108 Å². The first-order valence-electron chi connectivity index (χ1n) is 12.8. The molecule has 0 bridgehead atoms. The van der Waals surface area contributed by atoms with E-state index in [0.717, 1.165) is 28.0 Å². The zero-order chi connectivity index (χ0) is 26.8. The Bertz CT molecular complexity index is 1710. The highest BCUT2D eigenvalue weighted by atomic mass is 19.1. The number of fused-ring (bicyclic) bond motifs is 2. The third-order valence-corrected chi connectivity index (χ3v) is 6.55. The normalized spacial score (nSPS) is 11.4. The zero-order valence-electron chi connectivity index (χ0n) is 22.3. The van der Waals surface area contributed by atoms with Crippen molar-refractivity contribution in [3.63, 3.8) is 0 Å². The minimum Gasteiger partial charge on any atom is -0.253 e. The molecule has 0 aliphatic heterocycles. The Morgan fingerprint density at radius 2 is 1.32 bits per heavy atom. The summed E-state index contributed by atoms with van der Waals surface area (Å²) >= 11 is 0. The lowest BCUT2D eigenvalue weighted by molar-refractivity contribution is 0.625. The molecule has 6 aromatic heterocycles. The van der Waals surface area contributed by atoms with Gasteiger partial charge in [0.2, 0.25) is 0 Å². The van der Waals surface area contributed by atoms with E-state index in [2.05, 4.69) is 60.0 Å². The highest BCUT2D eigenvalue weighted by Crippen LogP contribution is 2.25. The van der Waals surface area contributed by atoms with Crippen molar-refractivity contribution in [2.45, 2.75) is 46.5 Å². The summed E-state index contributed by atoms with van der Waals surface area (Å²) in [5.74, 6) is 0.577. The van der Waals surface area contributed by atoms with E-state index in [4.69, 9.17) is 0 Å². The van der Waals surface area contributed by atoms with E-state index in [0.29, 0.717) is 17.5 Å². The number of halogens is 1. The quantitative estimate of drug-likeness (QED) is 0.249. The Morgan fingerprint density at radius 1 is 0.711 bits per heavy atom. The topological polar surface area (TPSA) is 60.4 Å².